The fourth-order valence-corrected chi connectivity index (χ4v) is 1.38. The van der Waals surface area contributed by atoms with E-state index in [1.54, 1.807) is 4.68 Å². The number of fused-ring (bicyclic) bond motifs is 1. The van der Waals surface area contributed by atoms with Crippen molar-refractivity contribution in [3.8, 4) is 5.88 Å². The van der Waals surface area contributed by atoms with Crippen molar-refractivity contribution in [2.24, 2.45) is 5.73 Å². The third-order valence-corrected chi connectivity index (χ3v) is 2.12. The van der Waals surface area contributed by atoms with Crippen LogP contribution in [0, 0.1) is 0 Å². The summed E-state index contributed by atoms with van der Waals surface area (Å²) in [6.45, 7) is 2.74. The first-order valence-corrected chi connectivity index (χ1v) is 4.20. The quantitative estimate of drug-likeness (QED) is 0.670. The summed E-state index contributed by atoms with van der Waals surface area (Å²) in [5, 5.41) is 4.00. The van der Waals surface area contributed by atoms with E-state index in [4.69, 9.17) is 10.5 Å². The Labute approximate surface area is 75.5 Å². The van der Waals surface area contributed by atoms with Crippen LogP contribution in [0.5, 0.6) is 5.88 Å². The molecule has 5 nitrogen and oxygen atoms in total. The summed E-state index contributed by atoms with van der Waals surface area (Å²) in [5.41, 5.74) is 5.52. The molecule has 0 saturated heterocycles. The highest BCUT2D eigenvalue weighted by molar-refractivity contribution is 5.94. The van der Waals surface area contributed by atoms with Crippen molar-refractivity contribution in [1.29, 1.82) is 0 Å². The number of ether oxygens (including phenoxy) is 1. The molecule has 0 aliphatic carbocycles. The summed E-state index contributed by atoms with van der Waals surface area (Å²) in [4.78, 5) is 10.9. The van der Waals surface area contributed by atoms with E-state index in [2.05, 4.69) is 5.10 Å². The lowest BCUT2D eigenvalue weighted by Gasteiger charge is -2.21. The van der Waals surface area contributed by atoms with Gasteiger partial charge in [-0.15, -0.1) is 0 Å². The minimum absolute atomic E-state index is 0.127. The number of aromatic nitrogens is 2. The number of rotatable bonds is 1. The molecule has 0 bridgehead atoms. The van der Waals surface area contributed by atoms with Crippen molar-refractivity contribution in [2.45, 2.75) is 26.0 Å². The zero-order valence-electron chi connectivity index (χ0n) is 7.36. The first kappa shape index (κ1) is 8.10. The molecular weight excluding hydrogens is 170 g/mol. The van der Waals surface area contributed by atoms with Crippen LogP contribution in [0.15, 0.2) is 6.20 Å². The number of amides is 1. The molecule has 13 heavy (non-hydrogen) atoms. The molecule has 5 heteroatoms. The highest BCUT2D eigenvalue weighted by atomic mass is 16.5. The summed E-state index contributed by atoms with van der Waals surface area (Å²) in [6, 6.07) is 0. The van der Waals surface area contributed by atoms with E-state index in [0.29, 0.717) is 11.4 Å². The van der Waals surface area contributed by atoms with Gasteiger partial charge in [-0.25, -0.2) is 4.68 Å². The number of nitrogens with two attached hydrogens (primary N) is 1. The topological polar surface area (TPSA) is 70.1 Å². The van der Waals surface area contributed by atoms with Crippen LogP contribution < -0.4 is 10.5 Å². The van der Waals surface area contributed by atoms with E-state index in [1.165, 1.54) is 6.20 Å². The molecule has 70 valence electrons. The Morgan fingerprint density at radius 1 is 1.85 bits per heavy atom. The van der Waals surface area contributed by atoms with Crippen molar-refractivity contribution in [2.75, 3.05) is 0 Å². The van der Waals surface area contributed by atoms with Crippen LogP contribution in [0.2, 0.25) is 0 Å². The zero-order chi connectivity index (χ0) is 9.42. The van der Waals surface area contributed by atoms with E-state index in [0.717, 1.165) is 13.0 Å². The molecule has 1 aliphatic heterocycles. The van der Waals surface area contributed by atoms with Crippen LogP contribution in [-0.2, 0) is 6.54 Å². The molecule has 1 unspecified atom stereocenters. The van der Waals surface area contributed by atoms with Gasteiger partial charge in [-0.3, -0.25) is 4.79 Å². The first-order chi connectivity index (χ1) is 6.18. The molecule has 0 fully saturated rings. The van der Waals surface area contributed by atoms with Crippen molar-refractivity contribution in [3.05, 3.63) is 11.8 Å². The largest absolute Gasteiger partial charge is 0.474 e. The lowest BCUT2D eigenvalue weighted by Crippen LogP contribution is -2.25. The summed E-state index contributed by atoms with van der Waals surface area (Å²) in [7, 11) is 0. The number of nitrogens with zero attached hydrogens (tertiary/aromatic N) is 2. The Morgan fingerprint density at radius 3 is 3.31 bits per heavy atom. The SMILES string of the molecule is CC1CCn2ncc(C(N)=O)c2O1. The minimum Gasteiger partial charge on any atom is -0.474 e. The van der Waals surface area contributed by atoms with Gasteiger partial charge in [-0.1, -0.05) is 0 Å². The number of hydrogen-bond acceptors (Lipinski definition) is 3. The molecule has 1 aromatic rings. The maximum atomic E-state index is 10.9. The van der Waals surface area contributed by atoms with Crippen LogP contribution in [0.25, 0.3) is 0 Å². The molecule has 2 heterocycles. The Balaban J connectivity index is 2.41. The molecule has 0 aromatic carbocycles. The second kappa shape index (κ2) is 2.76. The summed E-state index contributed by atoms with van der Waals surface area (Å²) < 4.78 is 7.13. The molecule has 1 amide bonds. The molecule has 0 spiro atoms. The molecule has 2 rings (SSSR count). The van der Waals surface area contributed by atoms with Gasteiger partial charge in [0.15, 0.2) is 0 Å². The smallest absolute Gasteiger partial charge is 0.255 e. The van der Waals surface area contributed by atoms with Crippen molar-refractivity contribution in [1.82, 2.24) is 9.78 Å². The van der Waals surface area contributed by atoms with E-state index in [1.807, 2.05) is 6.92 Å². The van der Waals surface area contributed by atoms with Crippen LogP contribution in [0.3, 0.4) is 0 Å². The first-order valence-electron chi connectivity index (χ1n) is 4.20. The van der Waals surface area contributed by atoms with Crippen LogP contribution in [0.1, 0.15) is 23.7 Å². The van der Waals surface area contributed by atoms with E-state index < -0.39 is 5.91 Å². The molecule has 2 N–H and O–H groups in total. The van der Waals surface area contributed by atoms with E-state index in [9.17, 15) is 4.79 Å². The van der Waals surface area contributed by atoms with E-state index in [-0.39, 0.29) is 6.10 Å². The Morgan fingerprint density at radius 2 is 2.62 bits per heavy atom. The van der Waals surface area contributed by atoms with Crippen LogP contribution >= 0.6 is 0 Å². The summed E-state index contributed by atoms with van der Waals surface area (Å²) in [6.07, 6.45) is 2.49. The summed E-state index contributed by atoms with van der Waals surface area (Å²) >= 11 is 0. The maximum Gasteiger partial charge on any atom is 0.255 e. The average Bonchev–Trinajstić information content (AvgIpc) is 2.46. The van der Waals surface area contributed by atoms with Gasteiger partial charge >= 0.3 is 0 Å². The fraction of sp³-hybridized carbons (Fsp3) is 0.500. The predicted molar refractivity (Wildman–Crippen MR) is 45.5 cm³/mol. The Hall–Kier alpha value is -1.52. The zero-order valence-corrected chi connectivity index (χ0v) is 7.36. The highest BCUT2D eigenvalue weighted by Crippen LogP contribution is 2.24. The van der Waals surface area contributed by atoms with Gasteiger partial charge < -0.3 is 10.5 Å². The van der Waals surface area contributed by atoms with E-state index >= 15 is 0 Å². The number of carbonyl (C=O) groups excluding carboxylic acids is 1. The predicted octanol–water partition coefficient (Wildman–Crippen LogP) is 0.153. The second-order valence-corrected chi connectivity index (χ2v) is 3.17. The molecule has 0 saturated carbocycles. The van der Waals surface area contributed by atoms with Gasteiger partial charge in [-0.2, -0.15) is 5.10 Å². The van der Waals surface area contributed by atoms with Gasteiger partial charge in [0.1, 0.15) is 5.56 Å². The Kier molecular flexibility index (Phi) is 1.72. The maximum absolute atomic E-state index is 10.9. The fourth-order valence-electron chi connectivity index (χ4n) is 1.38. The number of aryl methyl sites for hydroxylation is 1. The third kappa shape index (κ3) is 1.26. The highest BCUT2D eigenvalue weighted by Gasteiger charge is 2.22. The van der Waals surface area contributed by atoms with Gasteiger partial charge in [-0.05, 0) is 6.92 Å². The number of carbonyl (C=O) groups is 1. The molecule has 1 aromatic heterocycles. The summed E-state index contributed by atoms with van der Waals surface area (Å²) in [5.74, 6) is 0.0154. The van der Waals surface area contributed by atoms with Gasteiger partial charge in [0.25, 0.3) is 5.91 Å². The van der Waals surface area contributed by atoms with Crippen molar-refractivity contribution in [3.63, 3.8) is 0 Å². The molecule has 1 aliphatic rings. The molecule has 1 atom stereocenters. The third-order valence-electron chi connectivity index (χ3n) is 2.12. The lowest BCUT2D eigenvalue weighted by molar-refractivity contribution is 0.0984. The lowest BCUT2D eigenvalue weighted by atomic mass is 10.2. The number of hydrogen-bond donors (Lipinski definition) is 1. The minimum atomic E-state index is -0.490. The van der Waals surface area contributed by atoms with Gasteiger partial charge in [0, 0.05) is 13.0 Å². The average molecular weight is 181 g/mol. The standard InChI is InChI=1S/C8H11N3O2/c1-5-2-3-11-8(13-5)6(4-10-11)7(9)12/h4-5H,2-3H2,1H3,(H2,9,12). The monoisotopic (exact) mass is 181 g/mol. The van der Waals surface area contributed by atoms with Crippen molar-refractivity contribution >= 4 is 5.91 Å². The van der Waals surface area contributed by atoms with Gasteiger partial charge in [0.05, 0.1) is 12.3 Å². The normalized spacial score (nSPS) is 20.5. The molecular formula is C8H11N3O2. The number of primary amides is 1. The van der Waals surface area contributed by atoms with Crippen LogP contribution in [0.4, 0.5) is 0 Å². The Bertz CT molecular complexity index is 345. The van der Waals surface area contributed by atoms with Crippen molar-refractivity contribution < 1.29 is 9.53 Å². The van der Waals surface area contributed by atoms with Crippen LogP contribution in [-0.4, -0.2) is 21.8 Å². The van der Waals surface area contributed by atoms with Gasteiger partial charge in [0.2, 0.25) is 5.88 Å². The molecule has 0 radical (unpaired) electrons. The second-order valence-electron chi connectivity index (χ2n) is 3.17.